The number of hydrogen-bond donors (Lipinski definition) is 0. The van der Waals surface area contributed by atoms with Crippen LogP contribution in [-0.2, 0) is 9.53 Å². The number of halogens is 1. The molecular weight excluding hydrogens is 208 g/mol. The first-order valence-corrected chi connectivity index (χ1v) is 4.58. The largest absolute Gasteiger partial charge is 0.460 e. The van der Waals surface area contributed by atoms with Gasteiger partial charge < -0.3 is 4.74 Å². The highest BCUT2D eigenvalue weighted by Gasteiger charge is 2.48. The van der Waals surface area contributed by atoms with Gasteiger partial charge in [-0.15, -0.1) is 0 Å². The number of hydrogen-bond acceptors (Lipinski definition) is 2. The molecule has 1 saturated heterocycles. The van der Waals surface area contributed by atoms with Gasteiger partial charge in [-0.2, -0.15) is 0 Å². The standard InChI is InChI=1S/C8H9BrO2/c1-8-3-2-5(9)6(4-8)11-7(8)10/h2-3,5-6H,4H2,1H3/t5-,6+,8+/m0/s1. The van der Waals surface area contributed by atoms with Crippen molar-refractivity contribution in [2.45, 2.75) is 24.3 Å². The van der Waals surface area contributed by atoms with Gasteiger partial charge in [0.1, 0.15) is 6.10 Å². The van der Waals surface area contributed by atoms with E-state index in [0.717, 1.165) is 6.42 Å². The van der Waals surface area contributed by atoms with Gasteiger partial charge in [0.2, 0.25) is 0 Å². The molecular formula is C8H9BrO2. The Kier molecular flexibility index (Phi) is 1.40. The molecule has 1 aliphatic carbocycles. The molecule has 0 unspecified atom stereocenters. The molecule has 1 aliphatic heterocycles. The molecule has 0 radical (unpaired) electrons. The van der Waals surface area contributed by atoms with Crippen LogP contribution in [0.5, 0.6) is 0 Å². The number of esters is 1. The van der Waals surface area contributed by atoms with Crippen molar-refractivity contribution in [3.8, 4) is 0 Å². The second kappa shape index (κ2) is 2.09. The van der Waals surface area contributed by atoms with Crippen LogP contribution in [0.2, 0.25) is 0 Å². The average Bonchev–Trinajstić information content (AvgIpc) is 2.20. The van der Waals surface area contributed by atoms with Crippen LogP contribution in [-0.4, -0.2) is 16.9 Å². The molecule has 0 aromatic carbocycles. The third kappa shape index (κ3) is 0.940. The Bertz CT molecular complexity index is 236. The minimum atomic E-state index is -0.338. The zero-order chi connectivity index (χ0) is 8.06. The molecule has 2 nitrogen and oxygen atoms in total. The summed E-state index contributed by atoms with van der Waals surface area (Å²) in [5.41, 5.74) is -0.338. The molecule has 0 spiro atoms. The van der Waals surface area contributed by atoms with E-state index in [1.807, 2.05) is 19.1 Å². The molecule has 0 aromatic rings. The van der Waals surface area contributed by atoms with Gasteiger partial charge in [0, 0.05) is 6.42 Å². The van der Waals surface area contributed by atoms with Crippen LogP contribution in [0.3, 0.4) is 0 Å². The van der Waals surface area contributed by atoms with Crippen molar-refractivity contribution < 1.29 is 9.53 Å². The van der Waals surface area contributed by atoms with Gasteiger partial charge in [-0.3, -0.25) is 4.79 Å². The summed E-state index contributed by atoms with van der Waals surface area (Å²) < 4.78 is 5.15. The summed E-state index contributed by atoms with van der Waals surface area (Å²) in [6.45, 7) is 1.92. The predicted octanol–water partition coefficient (Wildman–Crippen LogP) is 1.64. The molecule has 1 heterocycles. The number of fused-ring (bicyclic) bond motifs is 2. The molecule has 0 aromatic heterocycles. The summed E-state index contributed by atoms with van der Waals surface area (Å²) >= 11 is 3.43. The predicted molar refractivity (Wildman–Crippen MR) is 44.5 cm³/mol. The molecule has 2 bridgehead atoms. The normalized spacial score (nSPS) is 47.6. The maximum absolute atomic E-state index is 11.2. The van der Waals surface area contributed by atoms with Crippen molar-refractivity contribution >= 4 is 21.9 Å². The Balaban J connectivity index is 2.37. The summed E-state index contributed by atoms with van der Waals surface area (Å²) in [5, 5.41) is 0. The highest BCUT2D eigenvalue weighted by Crippen LogP contribution is 2.41. The maximum Gasteiger partial charge on any atom is 0.316 e. The second-order valence-corrected chi connectivity index (χ2v) is 4.43. The van der Waals surface area contributed by atoms with Crippen LogP contribution in [0.15, 0.2) is 12.2 Å². The molecule has 60 valence electrons. The van der Waals surface area contributed by atoms with E-state index in [9.17, 15) is 4.79 Å². The quantitative estimate of drug-likeness (QED) is 0.350. The van der Waals surface area contributed by atoms with E-state index >= 15 is 0 Å². The first-order valence-electron chi connectivity index (χ1n) is 3.66. The molecule has 0 N–H and O–H groups in total. The van der Waals surface area contributed by atoms with E-state index in [-0.39, 0.29) is 22.3 Å². The zero-order valence-corrected chi connectivity index (χ0v) is 7.80. The molecule has 2 rings (SSSR count). The number of rotatable bonds is 0. The highest BCUT2D eigenvalue weighted by molar-refractivity contribution is 9.09. The fourth-order valence-electron chi connectivity index (χ4n) is 1.56. The van der Waals surface area contributed by atoms with Crippen LogP contribution in [0.4, 0.5) is 0 Å². The van der Waals surface area contributed by atoms with Crippen molar-refractivity contribution in [2.75, 3.05) is 0 Å². The molecule has 1 fully saturated rings. The highest BCUT2D eigenvalue weighted by atomic mass is 79.9. The lowest BCUT2D eigenvalue weighted by atomic mass is 9.82. The summed E-state index contributed by atoms with van der Waals surface area (Å²) in [6.07, 6.45) is 4.81. The third-order valence-electron chi connectivity index (χ3n) is 2.35. The van der Waals surface area contributed by atoms with Crippen molar-refractivity contribution in [3.05, 3.63) is 12.2 Å². The van der Waals surface area contributed by atoms with Crippen LogP contribution >= 0.6 is 15.9 Å². The van der Waals surface area contributed by atoms with Gasteiger partial charge >= 0.3 is 5.97 Å². The number of carbonyl (C=O) groups excluding carboxylic acids is 1. The van der Waals surface area contributed by atoms with E-state index < -0.39 is 0 Å². The third-order valence-corrected chi connectivity index (χ3v) is 3.25. The van der Waals surface area contributed by atoms with Crippen molar-refractivity contribution in [1.82, 2.24) is 0 Å². The second-order valence-electron chi connectivity index (χ2n) is 3.37. The van der Waals surface area contributed by atoms with Crippen LogP contribution in [0, 0.1) is 5.41 Å². The zero-order valence-electron chi connectivity index (χ0n) is 6.21. The Labute approximate surface area is 73.7 Å². The SMILES string of the molecule is C[C@@]12C=C[C@H](Br)[C@@H](C1)OC2=O. The Morgan fingerprint density at radius 1 is 1.82 bits per heavy atom. The van der Waals surface area contributed by atoms with Crippen molar-refractivity contribution in [3.63, 3.8) is 0 Å². The first kappa shape index (κ1) is 7.35. The lowest BCUT2D eigenvalue weighted by Crippen LogP contribution is -2.24. The van der Waals surface area contributed by atoms with E-state index in [1.54, 1.807) is 0 Å². The van der Waals surface area contributed by atoms with E-state index in [1.165, 1.54) is 0 Å². The first-order chi connectivity index (χ1) is 5.12. The smallest absolute Gasteiger partial charge is 0.316 e. The van der Waals surface area contributed by atoms with Crippen molar-refractivity contribution in [2.24, 2.45) is 5.41 Å². The molecule has 3 heteroatoms. The minimum absolute atomic E-state index is 0.0532. The number of alkyl halides is 1. The summed E-state index contributed by atoms with van der Waals surface area (Å²) in [5.74, 6) is -0.0827. The van der Waals surface area contributed by atoms with E-state index in [2.05, 4.69) is 15.9 Å². The van der Waals surface area contributed by atoms with Gasteiger partial charge in [0.15, 0.2) is 0 Å². The summed E-state index contributed by atoms with van der Waals surface area (Å²) in [7, 11) is 0. The van der Waals surface area contributed by atoms with Gasteiger partial charge in [-0.05, 0) is 6.92 Å². The Hall–Kier alpha value is -0.310. The van der Waals surface area contributed by atoms with E-state index in [0.29, 0.717) is 0 Å². The topological polar surface area (TPSA) is 26.3 Å². The van der Waals surface area contributed by atoms with Gasteiger partial charge in [-0.25, -0.2) is 0 Å². The van der Waals surface area contributed by atoms with Gasteiger partial charge in [0.05, 0.1) is 10.2 Å². The van der Waals surface area contributed by atoms with Crippen LogP contribution < -0.4 is 0 Å². The lowest BCUT2D eigenvalue weighted by Gasteiger charge is -2.19. The summed E-state index contributed by atoms with van der Waals surface area (Å²) in [4.78, 5) is 11.4. The Morgan fingerprint density at radius 3 is 3.18 bits per heavy atom. The Morgan fingerprint density at radius 2 is 2.55 bits per heavy atom. The molecule has 3 atom stereocenters. The van der Waals surface area contributed by atoms with Crippen LogP contribution in [0.25, 0.3) is 0 Å². The average molecular weight is 217 g/mol. The molecule has 0 amide bonds. The summed E-state index contributed by atoms with van der Waals surface area (Å²) in [6, 6.07) is 0. The molecule has 11 heavy (non-hydrogen) atoms. The molecule has 0 saturated carbocycles. The van der Waals surface area contributed by atoms with Crippen molar-refractivity contribution in [1.29, 1.82) is 0 Å². The van der Waals surface area contributed by atoms with E-state index in [4.69, 9.17) is 4.74 Å². The fraction of sp³-hybridized carbons (Fsp3) is 0.625. The fourth-order valence-corrected chi connectivity index (χ4v) is 2.00. The number of ether oxygens (including phenoxy) is 1. The number of carbonyl (C=O) groups is 1. The van der Waals surface area contributed by atoms with Gasteiger partial charge in [-0.1, -0.05) is 28.1 Å². The monoisotopic (exact) mass is 216 g/mol. The lowest BCUT2D eigenvalue weighted by molar-refractivity contribution is -0.145. The molecule has 2 aliphatic rings. The minimum Gasteiger partial charge on any atom is -0.460 e. The maximum atomic E-state index is 11.2. The van der Waals surface area contributed by atoms with Crippen LogP contribution in [0.1, 0.15) is 13.3 Å². The van der Waals surface area contributed by atoms with Gasteiger partial charge in [0.25, 0.3) is 0 Å².